The van der Waals surface area contributed by atoms with Crippen molar-refractivity contribution in [2.75, 3.05) is 38.1 Å². The Morgan fingerprint density at radius 3 is 2.50 bits per heavy atom. The van der Waals surface area contributed by atoms with Gasteiger partial charge in [0.05, 0.1) is 17.6 Å². The molecular weight excluding hydrogens is 248 g/mol. The number of pyridine rings is 1. The third-order valence-corrected chi connectivity index (χ3v) is 4.63. The van der Waals surface area contributed by atoms with E-state index in [0.29, 0.717) is 6.04 Å². The predicted molar refractivity (Wildman–Crippen MR) is 83.1 cm³/mol. The molecule has 0 bridgehead atoms. The van der Waals surface area contributed by atoms with Crippen LogP contribution in [0.3, 0.4) is 0 Å². The summed E-state index contributed by atoms with van der Waals surface area (Å²) in [5, 5.41) is 3.31. The zero-order valence-corrected chi connectivity index (χ0v) is 12.7. The predicted octanol–water partition coefficient (Wildman–Crippen LogP) is 2.04. The number of hydrogen-bond donors (Lipinski definition) is 1. The summed E-state index contributed by atoms with van der Waals surface area (Å²) < 4.78 is 0. The van der Waals surface area contributed by atoms with Gasteiger partial charge < -0.3 is 10.2 Å². The van der Waals surface area contributed by atoms with E-state index in [1.165, 1.54) is 31.6 Å². The Morgan fingerprint density at radius 2 is 2.00 bits per heavy atom. The molecule has 1 saturated heterocycles. The Morgan fingerprint density at radius 1 is 1.25 bits per heavy atom. The highest BCUT2D eigenvalue weighted by atomic mass is 15.3. The van der Waals surface area contributed by atoms with Crippen molar-refractivity contribution in [1.82, 2.24) is 15.2 Å². The molecule has 20 heavy (non-hydrogen) atoms. The molecule has 0 radical (unpaired) electrons. The highest BCUT2D eigenvalue weighted by Gasteiger charge is 2.31. The third kappa shape index (κ3) is 2.96. The van der Waals surface area contributed by atoms with Gasteiger partial charge in [-0.1, -0.05) is 6.92 Å². The van der Waals surface area contributed by atoms with Crippen LogP contribution in [0.25, 0.3) is 0 Å². The molecule has 2 heterocycles. The van der Waals surface area contributed by atoms with Gasteiger partial charge in [-0.3, -0.25) is 9.88 Å². The first-order valence-electron chi connectivity index (χ1n) is 7.94. The quantitative estimate of drug-likeness (QED) is 0.890. The summed E-state index contributed by atoms with van der Waals surface area (Å²) in [5.74, 6) is 0. The maximum atomic E-state index is 4.64. The lowest BCUT2D eigenvalue weighted by atomic mass is 10.1. The largest absolute Gasteiger partial charge is 0.368 e. The van der Waals surface area contributed by atoms with Crippen LogP contribution in [0.4, 0.5) is 5.69 Å². The Balaban J connectivity index is 1.60. The summed E-state index contributed by atoms with van der Waals surface area (Å²) in [7, 11) is 2.00. The molecule has 3 rings (SSSR count). The van der Waals surface area contributed by atoms with Crippen molar-refractivity contribution >= 4 is 5.69 Å². The summed E-state index contributed by atoms with van der Waals surface area (Å²) in [5.41, 5.74) is 2.42. The normalized spacial score (nSPS) is 22.0. The summed E-state index contributed by atoms with van der Waals surface area (Å²) >= 11 is 0. The van der Waals surface area contributed by atoms with Crippen LogP contribution in [0.15, 0.2) is 18.3 Å². The number of nitrogens with zero attached hydrogens (tertiary/aromatic N) is 3. The van der Waals surface area contributed by atoms with Crippen LogP contribution in [0.5, 0.6) is 0 Å². The van der Waals surface area contributed by atoms with E-state index in [1.54, 1.807) is 0 Å². The second-order valence-electron chi connectivity index (χ2n) is 5.94. The van der Waals surface area contributed by atoms with Crippen molar-refractivity contribution in [1.29, 1.82) is 0 Å². The Labute approximate surface area is 122 Å². The molecular formula is C16H26N4. The van der Waals surface area contributed by atoms with Crippen LogP contribution >= 0.6 is 0 Å². The maximum Gasteiger partial charge on any atom is 0.0574 e. The molecule has 1 atom stereocenters. The third-order valence-electron chi connectivity index (χ3n) is 4.63. The highest BCUT2D eigenvalue weighted by molar-refractivity contribution is 5.45. The van der Waals surface area contributed by atoms with E-state index in [-0.39, 0.29) is 0 Å². The van der Waals surface area contributed by atoms with Crippen molar-refractivity contribution < 1.29 is 0 Å². The maximum absolute atomic E-state index is 4.64. The number of piperazine rings is 1. The first-order chi connectivity index (χ1) is 9.81. The van der Waals surface area contributed by atoms with Gasteiger partial charge in [0.1, 0.15) is 0 Å². The first-order valence-corrected chi connectivity index (χ1v) is 7.94. The summed E-state index contributed by atoms with van der Waals surface area (Å²) in [6, 6.07) is 5.68. The van der Waals surface area contributed by atoms with Gasteiger partial charge in [-0.05, 0) is 38.4 Å². The SMILES string of the molecule is CCC(NC)c1ccc(N2CCN(C3CC3)CC2)cn1. The van der Waals surface area contributed by atoms with Crippen molar-refractivity contribution in [2.45, 2.75) is 38.3 Å². The summed E-state index contributed by atoms with van der Waals surface area (Å²) in [6.45, 7) is 6.89. The van der Waals surface area contributed by atoms with Gasteiger partial charge in [-0.2, -0.15) is 0 Å². The zero-order chi connectivity index (χ0) is 13.9. The molecule has 4 nitrogen and oxygen atoms in total. The fraction of sp³-hybridized carbons (Fsp3) is 0.688. The fourth-order valence-electron chi connectivity index (χ4n) is 3.14. The van der Waals surface area contributed by atoms with E-state index >= 15 is 0 Å². The molecule has 1 saturated carbocycles. The van der Waals surface area contributed by atoms with E-state index < -0.39 is 0 Å². The lowest BCUT2D eigenvalue weighted by Gasteiger charge is -2.36. The molecule has 0 aromatic carbocycles. The van der Waals surface area contributed by atoms with Crippen molar-refractivity contribution in [2.24, 2.45) is 0 Å². The van der Waals surface area contributed by atoms with Gasteiger partial charge in [0, 0.05) is 38.3 Å². The van der Waals surface area contributed by atoms with Gasteiger partial charge in [-0.25, -0.2) is 0 Å². The van der Waals surface area contributed by atoms with Crippen LogP contribution in [0, 0.1) is 0 Å². The Hall–Kier alpha value is -1.13. The van der Waals surface area contributed by atoms with Gasteiger partial charge in [-0.15, -0.1) is 0 Å². The second-order valence-corrected chi connectivity index (χ2v) is 5.94. The van der Waals surface area contributed by atoms with Crippen LogP contribution in [-0.4, -0.2) is 49.2 Å². The first kappa shape index (κ1) is 13.8. The molecule has 0 amide bonds. The average Bonchev–Trinajstić information content (AvgIpc) is 3.34. The van der Waals surface area contributed by atoms with E-state index in [9.17, 15) is 0 Å². The van der Waals surface area contributed by atoms with Crippen LogP contribution in [-0.2, 0) is 0 Å². The molecule has 2 fully saturated rings. The topological polar surface area (TPSA) is 31.4 Å². The molecule has 110 valence electrons. The van der Waals surface area contributed by atoms with E-state index in [4.69, 9.17) is 0 Å². The van der Waals surface area contributed by atoms with E-state index in [0.717, 1.165) is 31.2 Å². The van der Waals surface area contributed by atoms with Gasteiger partial charge in [0.25, 0.3) is 0 Å². The second kappa shape index (κ2) is 6.10. The molecule has 4 heteroatoms. The highest BCUT2D eigenvalue weighted by Crippen LogP contribution is 2.28. The number of hydrogen-bond acceptors (Lipinski definition) is 4. The van der Waals surface area contributed by atoms with Crippen molar-refractivity contribution in [3.63, 3.8) is 0 Å². The summed E-state index contributed by atoms with van der Waals surface area (Å²) in [4.78, 5) is 9.76. The number of anilines is 1. The molecule has 1 aromatic heterocycles. The molecule has 1 N–H and O–H groups in total. The number of nitrogens with one attached hydrogen (secondary N) is 1. The van der Waals surface area contributed by atoms with Crippen molar-refractivity contribution in [3.8, 4) is 0 Å². The van der Waals surface area contributed by atoms with Gasteiger partial charge in [0.2, 0.25) is 0 Å². The smallest absolute Gasteiger partial charge is 0.0574 e. The summed E-state index contributed by atoms with van der Waals surface area (Å²) in [6.07, 6.45) is 5.95. The minimum Gasteiger partial charge on any atom is -0.368 e. The molecule has 1 unspecified atom stereocenters. The van der Waals surface area contributed by atoms with Crippen LogP contribution in [0.1, 0.15) is 37.9 Å². The molecule has 2 aliphatic rings. The number of rotatable bonds is 5. The standard InChI is InChI=1S/C16H26N4/c1-3-15(17-2)16-7-6-14(12-18-16)20-10-8-19(9-11-20)13-4-5-13/h6-7,12-13,15,17H,3-5,8-11H2,1-2H3. The van der Waals surface area contributed by atoms with Crippen LogP contribution in [0.2, 0.25) is 0 Å². The Bertz CT molecular complexity index is 415. The fourth-order valence-corrected chi connectivity index (χ4v) is 3.14. The number of aromatic nitrogens is 1. The zero-order valence-electron chi connectivity index (χ0n) is 12.7. The minimum absolute atomic E-state index is 0.371. The van der Waals surface area contributed by atoms with E-state index in [2.05, 4.69) is 39.2 Å². The van der Waals surface area contributed by atoms with Crippen LogP contribution < -0.4 is 10.2 Å². The average molecular weight is 274 g/mol. The van der Waals surface area contributed by atoms with Crippen molar-refractivity contribution in [3.05, 3.63) is 24.0 Å². The molecule has 1 aliphatic carbocycles. The molecule has 1 aliphatic heterocycles. The lowest BCUT2D eigenvalue weighted by molar-refractivity contribution is 0.248. The van der Waals surface area contributed by atoms with E-state index in [1.807, 2.05) is 13.2 Å². The molecule has 1 aromatic rings. The Kier molecular flexibility index (Phi) is 4.22. The molecule has 0 spiro atoms. The van der Waals surface area contributed by atoms with Gasteiger partial charge >= 0.3 is 0 Å². The minimum atomic E-state index is 0.371. The monoisotopic (exact) mass is 274 g/mol. The lowest BCUT2D eigenvalue weighted by Crippen LogP contribution is -2.47. The van der Waals surface area contributed by atoms with Gasteiger partial charge in [0.15, 0.2) is 0 Å².